The molecule has 0 aliphatic heterocycles. The first-order valence-electron chi connectivity index (χ1n) is 9.54. The van der Waals surface area contributed by atoms with E-state index in [4.69, 9.17) is 16.3 Å². The SMILES string of the molecule is CCCCCCCCCCCCCCCC(=O)OC(Cl)CC. The summed E-state index contributed by atoms with van der Waals surface area (Å²) in [7, 11) is 0. The van der Waals surface area contributed by atoms with Crippen LogP contribution < -0.4 is 0 Å². The molecule has 0 saturated carbocycles. The lowest BCUT2D eigenvalue weighted by Crippen LogP contribution is -2.11. The van der Waals surface area contributed by atoms with E-state index in [1.807, 2.05) is 6.92 Å². The minimum atomic E-state index is -0.450. The van der Waals surface area contributed by atoms with E-state index in [9.17, 15) is 4.79 Å². The number of unbranched alkanes of at least 4 members (excludes halogenated alkanes) is 12. The molecule has 22 heavy (non-hydrogen) atoms. The smallest absolute Gasteiger partial charge is 0.307 e. The van der Waals surface area contributed by atoms with Crippen molar-refractivity contribution in [3.63, 3.8) is 0 Å². The summed E-state index contributed by atoms with van der Waals surface area (Å²) >= 11 is 5.78. The van der Waals surface area contributed by atoms with Crippen LogP contribution in [0.3, 0.4) is 0 Å². The Morgan fingerprint density at radius 3 is 1.59 bits per heavy atom. The van der Waals surface area contributed by atoms with Gasteiger partial charge in [-0.1, -0.05) is 102 Å². The number of rotatable bonds is 16. The van der Waals surface area contributed by atoms with Crippen LogP contribution >= 0.6 is 11.6 Å². The lowest BCUT2D eigenvalue weighted by molar-refractivity contribution is -0.145. The molecule has 0 rings (SSSR count). The van der Waals surface area contributed by atoms with Crippen LogP contribution in [0.4, 0.5) is 0 Å². The second-order valence-electron chi connectivity index (χ2n) is 6.30. The Labute approximate surface area is 143 Å². The van der Waals surface area contributed by atoms with Crippen LogP contribution in [0.1, 0.15) is 110 Å². The van der Waals surface area contributed by atoms with Crippen LogP contribution in [0, 0.1) is 0 Å². The molecule has 3 heteroatoms. The Hall–Kier alpha value is -0.240. The van der Waals surface area contributed by atoms with E-state index < -0.39 is 5.56 Å². The van der Waals surface area contributed by atoms with Gasteiger partial charge in [0.1, 0.15) is 0 Å². The van der Waals surface area contributed by atoms with Gasteiger partial charge in [-0.2, -0.15) is 0 Å². The van der Waals surface area contributed by atoms with E-state index in [0.29, 0.717) is 12.8 Å². The monoisotopic (exact) mass is 332 g/mol. The first-order valence-corrected chi connectivity index (χ1v) is 9.97. The van der Waals surface area contributed by atoms with Crippen molar-refractivity contribution in [2.45, 2.75) is 116 Å². The minimum absolute atomic E-state index is 0.148. The summed E-state index contributed by atoms with van der Waals surface area (Å²) < 4.78 is 5.03. The summed E-state index contributed by atoms with van der Waals surface area (Å²) in [6, 6.07) is 0. The number of hydrogen-bond donors (Lipinski definition) is 0. The molecule has 0 radical (unpaired) electrons. The van der Waals surface area contributed by atoms with Crippen LogP contribution in [-0.2, 0) is 9.53 Å². The van der Waals surface area contributed by atoms with Crippen molar-refractivity contribution in [3.8, 4) is 0 Å². The molecular weight excluding hydrogens is 296 g/mol. The van der Waals surface area contributed by atoms with Crippen molar-refractivity contribution in [3.05, 3.63) is 0 Å². The number of ether oxygens (including phenoxy) is 1. The molecule has 1 unspecified atom stereocenters. The van der Waals surface area contributed by atoms with Gasteiger partial charge in [-0.15, -0.1) is 0 Å². The zero-order valence-electron chi connectivity index (χ0n) is 14.9. The van der Waals surface area contributed by atoms with Crippen LogP contribution in [0.2, 0.25) is 0 Å². The number of hydrogen-bond acceptors (Lipinski definition) is 2. The summed E-state index contributed by atoms with van der Waals surface area (Å²) in [5.74, 6) is -0.148. The lowest BCUT2D eigenvalue weighted by Gasteiger charge is -2.08. The summed E-state index contributed by atoms with van der Waals surface area (Å²) in [5, 5.41) is 0. The van der Waals surface area contributed by atoms with E-state index in [2.05, 4.69) is 6.92 Å². The number of esters is 1. The summed E-state index contributed by atoms with van der Waals surface area (Å²) in [6.07, 6.45) is 18.3. The molecule has 0 fully saturated rings. The molecule has 0 N–H and O–H groups in total. The molecule has 0 saturated heterocycles. The third-order valence-electron chi connectivity index (χ3n) is 4.06. The topological polar surface area (TPSA) is 26.3 Å². The highest BCUT2D eigenvalue weighted by Gasteiger charge is 2.08. The zero-order valence-corrected chi connectivity index (χ0v) is 15.6. The fourth-order valence-corrected chi connectivity index (χ4v) is 2.67. The van der Waals surface area contributed by atoms with Gasteiger partial charge in [-0.3, -0.25) is 4.79 Å². The van der Waals surface area contributed by atoms with Crippen LogP contribution in [0.25, 0.3) is 0 Å². The minimum Gasteiger partial charge on any atom is -0.446 e. The van der Waals surface area contributed by atoms with Gasteiger partial charge in [-0.05, 0) is 12.8 Å². The highest BCUT2D eigenvalue weighted by Crippen LogP contribution is 2.13. The molecule has 0 bridgehead atoms. The second-order valence-corrected chi connectivity index (χ2v) is 6.79. The molecule has 132 valence electrons. The lowest BCUT2D eigenvalue weighted by atomic mass is 10.0. The quantitative estimate of drug-likeness (QED) is 0.173. The predicted molar refractivity (Wildman–Crippen MR) is 96.3 cm³/mol. The van der Waals surface area contributed by atoms with Gasteiger partial charge in [0, 0.05) is 6.42 Å². The molecule has 0 aromatic heterocycles. The Morgan fingerprint density at radius 2 is 1.18 bits per heavy atom. The number of carbonyl (C=O) groups is 1. The van der Waals surface area contributed by atoms with Gasteiger partial charge in [-0.25, -0.2) is 0 Å². The van der Waals surface area contributed by atoms with Gasteiger partial charge in [0.15, 0.2) is 5.56 Å². The normalized spacial score (nSPS) is 12.3. The fourth-order valence-electron chi connectivity index (χ4n) is 2.57. The van der Waals surface area contributed by atoms with E-state index in [-0.39, 0.29) is 5.97 Å². The molecule has 0 aliphatic rings. The summed E-state index contributed by atoms with van der Waals surface area (Å²) in [4.78, 5) is 11.4. The van der Waals surface area contributed by atoms with Gasteiger partial charge in [0.05, 0.1) is 0 Å². The standard InChI is InChI=1S/C19H37ClO2/c1-3-5-6-7-8-9-10-11-12-13-14-15-16-17-19(21)22-18(20)4-2/h18H,3-17H2,1-2H3. The third kappa shape index (κ3) is 16.1. The van der Waals surface area contributed by atoms with Gasteiger partial charge >= 0.3 is 5.97 Å². The van der Waals surface area contributed by atoms with E-state index in [0.717, 1.165) is 12.8 Å². The first-order chi connectivity index (χ1) is 10.7. The molecule has 0 aromatic carbocycles. The Kier molecular flexibility index (Phi) is 16.9. The molecule has 2 nitrogen and oxygen atoms in total. The molecule has 0 aromatic rings. The Balaban J connectivity index is 3.12. The maximum atomic E-state index is 11.4. The van der Waals surface area contributed by atoms with Crippen molar-refractivity contribution in [2.24, 2.45) is 0 Å². The fraction of sp³-hybridized carbons (Fsp3) is 0.947. The van der Waals surface area contributed by atoms with Crippen LogP contribution in [0.15, 0.2) is 0 Å². The largest absolute Gasteiger partial charge is 0.446 e. The van der Waals surface area contributed by atoms with Crippen molar-refractivity contribution in [2.75, 3.05) is 0 Å². The van der Waals surface area contributed by atoms with Crippen molar-refractivity contribution in [1.29, 1.82) is 0 Å². The maximum absolute atomic E-state index is 11.4. The summed E-state index contributed by atoms with van der Waals surface area (Å²) in [5.41, 5.74) is -0.450. The van der Waals surface area contributed by atoms with Crippen molar-refractivity contribution >= 4 is 17.6 Å². The molecule has 1 atom stereocenters. The van der Waals surface area contributed by atoms with E-state index in [1.54, 1.807) is 0 Å². The molecule has 0 aliphatic carbocycles. The van der Waals surface area contributed by atoms with Gasteiger partial charge in [0.25, 0.3) is 0 Å². The number of carbonyl (C=O) groups excluding carboxylic acids is 1. The Bertz CT molecular complexity index is 244. The highest BCUT2D eigenvalue weighted by molar-refractivity contribution is 6.20. The van der Waals surface area contributed by atoms with Crippen molar-refractivity contribution in [1.82, 2.24) is 0 Å². The van der Waals surface area contributed by atoms with Crippen LogP contribution in [-0.4, -0.2) is 11.5 Å². The molecule has 0 heterocycles. The average molecular weight is 333 g/mol. The maximum Gasteiger partial charge on any atom is 0.307 e. The third-order valence-corrected chi connectivity index (χ3v) is 4.46. The van der Waals surface area contributed by atoms with Crippen LogP contribution in [0.5, 0.6) is 0 Å². The van der Waals surface area contributed by atoms with E-state index >= 15 is 0 Å². The van der Waals surface area contributed by atoms with Gasteiger partial charge in [0.2, 0.25) is 0 Å². The summed E-state index contributed by atoms with van der Waals surface area (Å²) in [6.45, 7) is 4.18. The highest BCUT2D eigenvalue weighted by atomic mass is 35.5. The second kappa shape index (κ2) is 17.1. The van der Waals surface area contributed by atoms with Gasteiger partial charge < -0.3 is 4.74 Å². The number of halogens is 1. The van der Waals surface area contributed by atoms with E-state index in [1.165, 1.54) is 70.6 Å². The predicted octanol–water partition coefficient (Wildman–Crippen LogP) is 6.99. The zero-order chi connectivity index (χ0) is 16.5. The first kappa shape index (κ1) is 21.8. The number of alkyl halides is 1. The van der Waals surface area contributed by atoms with Crippen molar-refractivity contribution < 1.29 is 9.53 Å². The Morgan fingerprint density at radius 1 is 0.773 bits per heavy atom. The average Bonchev–Trinajstić information content (AvgIpc) is 2.51. The molecule has 0 amide bonds. The molecule has 0 spiro atoms. The molecular formula is C19H37ClO2.